The Kier molecular flexibility index (Phi) is 4.77. The minimum absolute atomic E-state index is 0.0155. The number of aromatic nitrogens is 4. The number of rotatable bonds is 6. The molecule has 0 aliphatic carbocycles. The van der Waals surface area contributed by atoms with Gasteiger partial charge in [-0.05, 0) is 6.42 Å². The minimum atomic E-state index is 0.0155. The largest absolute Gasteiger partial charge is 0.311 e. The number of nitrogens with one attached hydrogen (secondary N) is 1. The number of hydrogen-bond donors (Lipinski definition) is 1. The monoisotopic (exact) mass is 289 g/mol. The van der Waals surface area contributed by atoms with Crippen molar-refractivity contribution < 1.29 is 4.79 Å². The predicted octanol–water partition coefficient (Wildman–Crippen LogP) is 2.59. The normalized spacial score (nSPS) is 12.4. The van der Waals surface area contributed by atoms with Gasteiger partial charge in [0.15, 0.2) is 0 Å². The maximum absolute atomic E-state index is 12.2. The molecule has 2 aromatic heterocycles. The molecule has 6 heteroatoms. The van der Waals surface area contributed by atoms with E-state index in [4.69, 9.17) is 0 Å². The van der Waals surface area contributed by atoms with Gasteiger partial charge in [0.05, 0.1) is 11.9 Å². The van der Waals surface area contributed by atoms with Gasteiger partial charge in [-0.2, -0.15) is 10.2 Å². The summed E-state index contributed by atoms with van der Waals surface area (Å²) in [7, 11) is 3.69. The lowest BCUT2D eigenvalue weighted by atomic mass is 10.0. The summed E-state index contributed by atoms with van der Waals surface area (Å²) in [6.45, 7) is 4.09. The van der Waals surface area contributed by atoms with Gasteiger partial charge in [-0.15, -0.1) is 0 Å². The van der Waals surface area contributed by atoms with Crippen molar-refractivity contribution in [2.24, 2.45) is 20.0 Å². The van der Waals surface area contributed by atoms with Crippen LogP contribution in [0.15, 0.2) is 18.5 Å². The predicted molar refractivity (Wildman–Crippen MR) is 82.7 cm³/mol. The molecular formula is C15H23N5O. The lowest BCUT2D eigenvalue weighted by Gasteiger charge is -2.11. The maximum Gasteiger partial charge on any atom is 0.228 e. The fourth-order valence-corrected chi connectivity index (χ4v) is 2.17. The van der Waals surface area contributed by atoms with Crippen molar-refractivity contribution in [2.45, 2.75) is 33.1 Å². The summed E-state index contributed by atoms with van der Waals surface area (Å²) in [6, 6.07) is 1.88. The summed E-state index contributed by atoms with van der Waals surface area (Å²) >= 11 is 0. The van der Waals surface area contributed by atoms with Crippen molar-refractivity contribution in [1.29, 1.82) is 0 Å². The van der Waals surface area contributed by atoms with E-state index in [1.807, 2.05) is 33.3 Å². The Hall–Kier alpha value is -2.11. The molecule has 0 aliphatic heterocycles. The molecule has 0 radical (unpaired) electrons. The summed E-state index contributed by atoms with van der Waals surface area (Å²) < 4.78 is 3.42. The van der Waals surface area contributed by atoms with Gasteiger partial charge in [0.1, 0.15) is 5.82 Å². The van der Waals surface area contributed by atoms with E-state index in [9.17, 15) is 4.79 Å². The number of nitrogens with zero attached hydrogens (tertiary/aromatic N) is 4. The summed E-state index contributed by atoms with van der Waals surface area (Å²) in [5.41, 5.74) is 1.75. The first-order valence-electron chi connectivity index (χ1n) is 7.35. The molecule has 0 saturated heterocycles. The highest BCUT2D eigenvalue weighted by Gasteiger charge is 2.15. The summed E-state index contributed by atoms with van der Waals surface area (Å²) in [5.74, 6) is 0.771. The summed E-state index contributed by atoms with van der Waals surface area (Å²) in [5, 5.41) is 11.5. The molecule has 21 heavy (non-hydrogen) atoms. The van der Waals surface area contributed by atoms with Crippen LogP contribution in [0.3, 0.4) is 0 Å². The van der Waals surface area contributed by atoms with E-state index in [2.05, 4.69) is 22.4 Å². The van der Waals surface area contributed by atoms with Crippen LogP contribution in [-0.2, 0) is 18.9 Å². The molecule has 0 spiro atoms. The highest BCUT2D eigenvalue weighted by molar-refractivity contribution is 5.92. The molecule has 0 saturated carbocycles. The quantitative estimate of drug-likeness (QED) is 0.889. The van der Waals surface area contributed by atoms with Crippen molar-refractivity contribution >= 4 is 11.7 Å². The van der Waals surface area contributed by atoms with Crippen LogP contribution in [0.4, 0.5) is 5.82 Å². The molecular weight excluding hydrogens is 266 g/mol. The molecule has 0 unspecified atom stereocenters. The van der Waals surface area contributed by atoms with Crippen molar-refractivity contribution in [3.63, 3.8) is 0 Å². The van der Waals surface area contributed by atoms with Crippen molar-refractivity contribution in [1.82, 2.24) is 19.6 Å². The van der Waals surface area contributed by atoms with Crippen LogP contribution in [-0.4, -0.2) is 25.5 Å². The van der Waals surface area contributed by atoms with Gasteiger partial charge < -0.3 is 5.32 Å². The van der Waals surface area contributed by atoms with Gasteiger partial charge in [0, 0.05) is 37.8 Å². The Balaban J connectivity index is 2.07. The van der Waals surface area contributed by atoms with E-state index in [1.165, 1.54) is 0 Å². The molecule has 0 aliphatic rings. The standard InChI is InChI=1S/C15H23N5O/c1-5-6-7-11(2)15(21)17-14-8-13(18-20(14)4)12-9-16-19(3)10-12/h8-11H,5-7H2,1-4H3,(H,17,21)/t11-/m1/s1. The third kappa shape index (κ3) is 3.71. The number of carbonyl (C=O) groups excluding carboxylic acids is 1. The van der Waals surface area contributed by atoms with Crippen LogP contribution in [0.1, 0.15) is 33.1 Å². The Morgan fingerprint density at radius 1 is 1.43 bits per heavy atom. The van der Waals surface area contributed by atoms with Crippen LogP contribution < -0.4 is 5.32 Å². The van der Waals surface area contributed by atoms with Gasteiger partial charge in [-0.25, -0.2) is 0 Å². The second-order valence-electron chi connectivity index (χ2n) is 5.47. The van der Waals surface area contributed by atoms with Gasteiger partial charge >= 0.3 is 0 Å². The fourth-order valence-electron chi connectivity index (χ4n) is 2.17. The fraction of sp³-hybridized carbons (Fsp3) is 0.533. The number of aryl methyl sites for hydroxylation is 2. The smallest absolute Gasteiger partial charge is 0.228 e. The van der Waals surface area contributed by atoms with E-state index < -0.39 is 0 Å². The van der Waals surface area contributed by atoms with Crippen molar-refractivity contribution in [2.75, 3.05) is 5.32 Å². The van der Waals surface area contributed by atoms with Crippen LogP contribution >= 0.6 is 0 Å². The molecule has 1 N–H and O–H groups in total. The third-order valence-corrected chi connectivity index (χ3v) is 3.57. The SMILES string of the molecule is CCCC[C@@H](C)C(=O)Nc1cc(-c2cnn(C)c2)nn1C. The highest BCUT2D eigenvalue weighted by Crippen LogP contribution is 2.21. The Labute approximate surface area is 125 Å². The van der Waals surface area contributed by atoms with Crippen molar-refractivity contribution in [3.05, 3.63) is 18.5 Å². The molecule has 6 nitrogen and oxygen atoms in total. The molecule has 2 rings (SSSR count). The Morgan fingerprint density at radius 3 is 2.81 bits per heavy atom. The lowest BCUT2D eigenvalue weighted by Crippen LogP contribution is -2.21. The van der Waals surface area contributed by atoms with E-state index in [-0.39, 0.29) is 11.8 Å². The van der Waals surface area contributed by atoms with Crippen LogP contribution in [0, 0.1) is 5.92 Å². The first-order chi connectivity index (χ1) is 10.0. The second kappa shape index (κ2) is 6.56. The number of carbonyl (C=O) groups is 1. The molecule has 2 aromatic rings. The molecule has 0 aromatic carbocycles. The topological polar surface area (TPSA) is 64.7 Å². The zero-order valence-corrected chi connectivity index (χ0v) is 13.1. The molecule has 1 atom stereocenters. The number of amides is 1. The molecule has 0 bridgehead atoms. The zero-order chi connectivity index (χ0) is 15.4. The van der Waals surface area contributed by atoms with E-state index in [1.54, 1.807) is 15.6 Å². The van der Waals surface area contributed by atoms with E-state index >= 15 is 0 Å². The third-order valence-electron chi connectivity index (χ3n) is 3.57. The molecule has 2 heterocycles. The maximum atomic E-state index is 12.2. The molecule has 1 amide bonds. The summed E-state index contributed by atoms with van der Waals surface area (Å²) in [4.78, 5) is 12.2. The Morgan fingerprint density at radius 2 is 2.19 bits per heavy atom. The number of anilines is 1. The first-order valence-corrected chi connectivity index (χ1v) is 7.35. The van der Waals surface area contributed by atoms with E-state index in [0.717, 1.165) is 30.5 Å². The van der Waals surface area contributed by atoms with E-state index in [0.29, 0.717) is 5.82 Å². The molecule has 0 fully saturated rings. The van der Waals surface area contributed by atoms with Crippen LogP contribution in [0.2, 0.25) is 0 Å². The van der Waals surface area contributed by atoms with Crippen LogP contribution in [0.5, 0.6) is 0 Å². The average molecular weight is 289 g/mol. The molecule has 114 valence electrons. The average Bonchev–Trinajstić information content (AvgIpc) is 3.03. The minimum Gasteiger partial charge on any atom is -0.311 e. The van der Waals surface area contributed by atoms with Gasteiger partial charge in [0.25, 0.3) is 0 Å². The first kappa shape index (κ1) is 15.3. The van der Waals surface area contributed by atoms with Gasteiger partial charge in [-0.3, -0.25) is 14.2 Å². The Bertz CT molecular complexity index is 613. The van der Waals surface area contributed by atoms with Gasteiger partial charge in [0.2, 0.25) is 5.91 Å². The number of unbranched alkanes of at least 4 members (excludes halogenated alkanes) is 1. The number of hydrogen-bond acceptors (Lipinski definition) is 3. The zero-order valence-electron chi connectivity index (χ0n) is 13.1. The van der Waals surface area contributed by atoms with Crippen molar-refractivity contribution in [3.8, 4) is 11.3 Å². The van der Waals surface area contributed by atoms with Crippen LogP contribution in [0.25, 0.3) is 11.3 Å². The van der Waals surface area contributed by atoms with Gasteiger partial charge in [-0.1, -0.05) is 26.7 Å². The summed E-state index contributed by atoms with van der Waals surface area (Å²) in [6.07, 6.45) is 6.75. The lowest BCUT2D eigenvalue weighted by molar-refractivity contribution is -0.119. The second-order valence-corrected chi connectivity index (χ2v) is 5.47. The highest BCUT2D eigenvalue weighted by atomic mass is 16.1.